The molecule has 1 aromatic heterocycles. The van der Waals surface area contributed by atoms with Crippen LogP contribution in [0.25, 0.3) is 0 Å². The van der Waals surface area contributed by atoms with Crippen LogP contribution in [-0.4, -0.2) is 67.7 Å². The van der Waals surface area contributed by atoms with Crippen molar-refractivity contribution >= 4 is 17.2 Å². The van der Waals surface area contributed by atoms with Crippen LogP contribution in [0, 0.1) is 0 Å². The maximum atomic E-state index is 12.1. The Hall–Kier alpha value is -0.950. The number of carbonyl (C=O) groups is 1. The molecule has 3 heterocycles. The van der Waals surface area contributed by atoms with E-state index in [0.717, 1.165) is 39.2 Å². The molecule has 0 aromatic carbocycles. The molecule has 0 bridgehead atoms. The molecule has 0 saturated carbocycles. The summed E-state index contributed by atoms with van der Waals surface area (Å²) < 4.78 is 5.67. The second-order valence-corrected chi connectivity index (χ2v) is 7.20. The van der Waals surface area contributed by atoms with Gasteiger partial charge in [0.15, 0.2) is 0 Å². The molecule has 22 heavy (non-hydrogen) atoms. The molecule has 2 aliphatic rings. The molecule has 0 unspecified atom stereocenters. The molecule has 5 nitrogen and oxygen atoms in total. The van der Waals surface area contributed by atoms with Gasteiger partial charge >= 0.3 is 0 Å². The highest BCUT2D eigenvalue weighted by Gasteiger charge is 2.31. The summed E-state index contributed by atoms with van der Waals surface area (Å²) in [6.45, 7) is 6.48. The quantitative estimate of drug-likeness (QED) is 0.888. The van der Waals surface area contributed by atoms with E-state index in [4.69, 9.17) is 4.74 Å². The van der Waals surface area contributed by atoms with Gasteiger partial charge in [-0.3, -0.25) is 9.69 Å². The number of carbonyl (C=O) groups excluding carboxylic acids is 1. The molecule has 0 spiro atoms. The molecule has 2 aliphatic heterocycles. The normalized spacial score (nSPS) is 28.3. The number of nitrogens with zero attached hydrogens (tertiary/aromatic N) is 2. The average Bonchev–Trinajstić information content (AvgIpc) is 3.13. The Morgan fingerprint density at radius 2 is 2.36 bits per heavy atom. The van der Waals surface area contributed by atoms with Gasteiger partial charge in [0.1, 0.15) is 0 Å². The van der Waals surface area contributed by atoms with E-state index in [1.807, 2.05) is 11.9 Å². The fraction of sp³-hybridized carbons (Fsp3) is 0.688. The lowest BCUT2D eigenvalue weighted by Crippen LogP contribution is -2.47. The Kier molecular flexibility index (Phi) is 5.13. The highest BCUT2D eigenvalue weighted by Crippen LogP contribution is 2.27. The molecule has 1 aromatic rings. The molecular weight excluding hydrogens is 298 g/mol. The maximum absolute atomic E-state index is 12.1. The van der Waals surface area contributed by atoms with E-state index in [2.05, 4.69) is 34.7 Å². The third-order valence-corrected chi connectivity index (χ3v) is 5.54. The smallest absolute Gasteiger partial charge is 0.239 e. The number of nitrogens with one attached hydrogen (secondary N) is 1. The number of ether oxygens (including phenoxy) is 1. The Morgan fingerprint density at radius 3 is 3.00 bits per heavy atom. The van der Waals surface area contributed by atoms with Crippen molar-refractivity contribution in [1.82, 2.24) is 15.1 Å². The molecule has 0 aliphatic carbocycles. The zero-order chi connectivity index (χ0) is 15.5. The van der Waals surface area contributed by atoms with Crippen molar-refractivity contribution in [2.75, 3.05) is 39.8 Å². The summed E-state index contributed by atoms with van der Waals surface area (Å²) in [5.41, 5.74) is 0. The first-order valence-corrected chi connectivity index (χ1v) is 8.90. The third kappa shape index (κ3) is 3.51. The molecule has 0 radical (unpaired) electrons. The van der Waals surface area contributed by atoms with Crippen LogP contribution in [0.5, 0.6) is 0 Å². The molecule has 3 rings (SSSR count). The highest BCUT2D eigenvalue weighted by molar-refractivity contribution is 7.10. The first-order valence-electron chi connectivity index (χ1n) is 8.02. The number of morpholine rings is 1. The standard InChI is InChI=1S/C16H25N3O2S/c1-12-11-19(7-8-21-12)14(15-4-3-9-22-15)10-17-13-5-6-18(2)16(13)20/h3-4,9,12-14,17H,5-8,10-11H2,1-2H3/t12-,13+,14-/m1/s1. The summed E-state index contributed by atoms with van der Waals surface area (Å²) >= 11 is 1.79. The van der Waals surface area contributed by atoms with Crippen LogP contribution < -0.4 is 5.32 Å². The monoisotopic (exact) mass is 323 g/mol. The zero-order valence-corrected chi connectivity index (χ0v) is 14.1. The van der Waals surface area contributed by atoms with Crippen LogP contribution in [0.4, 0.5) is 0 Å². The van der Waals surface area contributed by atoms with Crippen LogP contribution in [0.2, 0.25) is 0 Å². The van der Waals surface area contributed by atoms with Gasteiger partial charge in [-0.05, 0) is 24.8 Å². The van der Waals surface area contributed by atoms with Crippen molar-refractivity contribution in [2.24, 2.45) is 0 Å². The minimum absolute atomic E-state index is 0.0223. The van der Waals surface area contributed by atoms with E-state index >= 15 is 0 Å². The lowest BCUT2D eigenvalue weighted by molar-refractivity contribution is -0.128. The molecule has 3 atom stereocenters. The van der Waals surface area contributed by atoms with Crippen molar-refractivity contribution in [3.05, 3.63) is 22.4 Å². The maximum Gasteiger partial charge on any atom is 0.239 e. The van der Waals surface area contributed by atoms with Crippen LogP contribution in [0.3, 0.4) is 0 Å². The van der Waals surface area contributed by atoms with E-state index < -0.39 is 0 Å². The highest BCUT2D eigenvalue weighted by atomic mass is 32.1. The number of hydrogen-bond donors (Lipinski definition) is 1. The van der Waals surface area contributed by atoms with Gasteiger partial charge in [0.2, 0.25) is 5.91 Å². The number of amides is 1. The lowest BCUT2D eigenvalue weighted by Gasteiger charge is -2.37. The van der Waals surface area contributed by atoms with Gasteiger partial charge in [-0.25, -0.2) is 0 Å². The number of rotatable bonds is 5. The van der Waals surface area contributed by atoms with Gasteiger partial charge in [-0.2, -0.15) is 0 Å². The molecule has 1 N–H and O–H groups in total. The molecule has 122 valence electrons. The first-order chi connectivity index (χ1) is 10.6. The molecular formula is C16H25N3O2S. The van der Waals surface area contributed by atoms with Crippen LogP contribution in [0.15, 0.2) is 17.5 Å². The summed E-state index contributed by atoms with van der Waals surface area (Å²) in [7, 11) is 1.88. The summed E-state index contributed by atoms with van der Waals surface area (Å²) in [5.74, 6) is 0.222. The number of likely N-dealkylation sites (N-methyl/N-ethyl adjacent to an activating group) is 1. The third-order valence-electron chi connectivity index (χ3n) is 4.57. The minimum atomic E-state index is -0.0223. The van der Waals surface area contributed by atoms with Gasteiger partial charge in [-0.15, -0.1) is 11.3 Å². The van der Waals surface area contributed by atoms with Gasteiger partial charge in [0.25, 0.3) is 0 Å². The van der Waals surface area contributed by atoms with Crippen LogP contribution in [-0.2, 0) is 9.53 Å². The SMILES string of the molecule is C[C@@H]1CN([C@H](CN[C@H]2CCN(C)C2=O)c2cccs2)CCO1. The molecule has 2 saturated heterocycles. The second-order valence-electron chi connectivity index (χ2n) is 6.22. The molecule has 6 heteroatoms. The van der Waals surface area contributed by atoms with Crippen molar-refractivity contribution in [3.8, 4) is 0 Å². The Labute approximate surface area is 136 Å². The summed E-state index contributed by atoms with van der Waals surface area (Å²) in [4.78, 5) is 17.7. The van der Waals surface area contributed by atoms with Crippen LogP contribution >= 0.6 is 11.3 Å². The predicted molar refractivity (Wildman–Crippen MR) is 88.1 cm³/mol. The fourth-order valence-electron chi connectivity index (χ4n) is 3.28. The van der Waals surface area contributed by atoms with Gasteiger partial charge in [-0.1, -0.05) is 6.07 Å². The minimum Gasteiger partial charge on any atom is -0.376 e. The predicted octanol–water partition coefficient (Wildman–Crippen LogP) is 1.33. The molecule has 1 amide bonds. The van der Waals surface area contributed by atoms with Crippen molar-refractivity contribution in [2.45, 2.75) is 31.5 Å². The van der Waals surface area contributed by atoms with E-state index in [9.17, 15) is 4.79 Å². The Morgan fingerprint density at radius 1 is 1.50 bits per heavy atom. The van der Waals surface area contributed by atoms with E-state index in [0.29, 0.717) is 6.04 Å². The number of thiophene rings is 1. The van der Waals surface area contributed by atoms with E-state index in [-0.39, 0.29) is 18.1 Å². The topological polar surface area (TPSA) is 44.8 Å². The molecule has 2 fully saturated rings. The summed E-state index contributed by atoms with van der Waals surface area (Å²) in [6.07, 6.45) is 1.18. The zero-order valence-electron chi connectivity index (χ0n) is 13.3. The van der Waals surface area contributed by atoms with Gasteiger partial charge in [0.05, 0.1) is 24.8 Å². The van der Waals surface area contributed by atoms with Crippen molar-refractivity contribution in [1.29, 1.82) is 0 Å². The first kappa shape index (κ1) is 15.9. The Bertz CT molecular complexity index is 494. The van der Waals surface area contributed by atoms with Crippen molar-refractivity contribution in [3.63, 3.8) is 0 Å². The second kappa shape index (κ2) is 7.08. The lowest BCUT2D eigenvalue weighted by atomic mass is 10.1. The van der Waals surface area contributed by atoms with Crippen LogP contribution in [0.1, 0.15) is 24.3 Å². The number of likely N-dealkylation sites (tertiary alicyclic amines) is 1. The largest absolute Gasteiger partial charge is 0.376 e. The number of hydrogen-bond acceptors (Lipinski definition) is 5. The van der Waals surface area contributed by atoms with E-state index in [1.165, 1.54) is 4.88 Å². The Balaban J connectivity index is 1.65. The fourth-order valence-corrected chi connectivity index (χ4v) is 4.15. The van der Waals surface area contributed by atoms with E-state index in [1.54, 1.807) is 11.3 Å². The van der Waals surface area contributed by atoms with Gasteiger partial charge in [0, 0.05) is 38.1 Å². The average molecular weight is 323 g/mol. The summed E-state index contributed by atoms with van der Waals surface area (Å²) in [5, 5.41) is 5.62. The van der Waals surface area contributed by atoms with Gasteiger partial charge < -0.3 is 15.0 Å². The van der Waals surface area contributed by atoms with Crippen molar-refractivity contribution < 1.29 is 9.53 Å². The summed E-state index contributed by atoms with van der Waals surface area (Å²) in [6, 6.07) is 4.60.